The van der Waals surface area contributed by atoms with E-state index in [1.54, 1.807) is 39.5 Å². The summed E-state index contributed by atoms with van der Waals surface area (Å²) in [6, 6.07) is 10.8. The molecule has 0 saturated heterocycles. The van der Waals surface area contributed by atoms with Gasteiger partial charge in [0.25, 0.3) is 0 Å². The van der Waals surface area contributed by atoms with Gasteiger partial charge in [-0.1, -0.05) is 0 Å². The van der Waals surface area contributed by atoms with Crippen LogP contribution in [-0.4, -0.2) is 52.1 Å². The number of hydrogen-bond donors (Lipinski definition) is 3. The third-order valence-electron chi connectivity index (χ3n) is 4.25. The molecule has 0 radical (unpaired) electrons. The van der Waals surface area contributed by atoms with Gasteiger partial charge < -0.3 is 34.7 Å². The highest BCUT2D eigenvalue weighted by atomic mass is 16.5. The Bertz CT molecular complexity index is 819. The summed E-state index contributed by atoms with van der Waals surface area (Å²) >= 11 is 0. The van der Waals surface area contributed by atoms with E-state index in [0.717, 1.165) is 5.69 Å². The summed E-state index contributed by atoms with van der Waals surface area (Å²) in [6.07, 6.45) is -0.820. The molecular weight excluding hydrogens is 386 g/mol. The first kappa shape index (κ1) is 23.2. The van der Waals surface area contributed by atoms with E-state index in [2.05, 4.69) is 15.6 Å². The minimum Gasteiger partial charge on any atom is -0.497 e. The second-order valence-corrected chi connectivity index (χ2v) is 6.31. The van der Waals surface area contributed by atoms with Crippen molar-refractivity contribution in [2.75, 3.05) is 46.3 Å². The van der Waals surface area contributed by atoms with Gasteiger partial charge in [-0.3, -0.25) is 0 Å². The second-order valence-electron chi connectivity index (χ2n) is 6.31. The molecule has 30 heavy (non-hydrogen) atoms. The smallest absolute Gasteiger partial charge is 0.195 e. The van der Waals surface area contributed by atoms with Crippen LogP contribution < -0.4 is 29.6 Å². The normalized spacial score (nSPS) is 12.1. The molecule has 0 bridgehead atoms. The zero-order chi connectivity index (χ0) is 21.9. The fourth-order valence-corrected chi connectivity index (χ4v) is 2.77. The maximum Gasteiger partial charge on any atom is 0.195 e. The van der Waals surface area contributed by atoms with Crippen LogP contribution in [0.1, 0.15) is 25.5 Å². The third-order valence-corrected chi connectivity index (χ3v) is 4.25. The molecule has 3 N–H and O–H groups in total. The highest BCUT2D eigenvalue weighted by Gasteiger charge is 2.12. The Balaban J connectivity index is 2.16. The predicted octanol–water partition coefficient (Wildman–Crippen LogP) is 3.22. The number of nitrogens with one attached hydrogen (secondary N) is 2. The van der Waals surface area contributed by atoms with Gasteiger partial charge >= 0.3 is 0 Å². The van der Waals surface area contributed by atoms with Gasteiger partial charge in [-0.15, -0.1) is 0 Å². The first-order chi connectivity index (χ1) is 14.5. The first-order valence-corrected chi connectivity index (χ1v) is 9.81. The number of anilines is 1. The number of ether oxygens (including phenoxy) is 4. The summed E-state index contributed by atoms with van der Waals surface area (Å²) < 4.78 is 21.5. The predicted molar refractivity (Wildman–Crippen MR) is 118 cm³/mol. The maximum absolute atomic E-state index is 10.6. The van der Waals surface area contributed by atoms with Crippen LogP contribution in [-0.2, 0) is 0 Å². The maximum atomic E-state index is 10.6. The van der Waals surface area contributed by atoms with Crippen molar-refractivity contribution >= 4 is 11.6 Å². The van der Waals surface area contributed by atoms with E-state index in [1.807, 2.05) is 32.0 Å². The van der Waals surface area contributed by atoms with E-state index >= 15 is 0 Å². The van der Waals surface area contributed by atoms with Crippen LogP contribution in [0, 0.1) is 0 Å². The van der Waals surface area contributed by atoms with Crippen LogP contribution in [0.4, 0.5) is 5.69 Å². The molecule has 0 amide bonds. The van der Waals surface area contributed by atoms with Crippen LogP contribution in [0.25, 0.3) is 0 Å². The van der Waals surface area contributed by atoms with E-state index in [-0.39, 0.29) is 6.54 Å². The Kier molecular flexibility index (Phi) is 9.08. The summed E-state index contributed by atoms with van der Waals surface area (Å²) in [5.41, 5.74) is 1.45. The SMILES string of the molecule is CCNC(=NCC(O)c1cc(OC)cc(OC)c1)Nc1ccc(OCC)c(OC)c1. The summed E-state index contributed by atoms with van der Waals surface area (Å²) in [5, 5.41) is 17.0. The van der Waals surface area contributed by atoms with Crippen molar-refractivity contribution in [1.82, 2.24) is 5.32 Å². The lowest BCUT2D eigenvalue weighted by atomic mass is 10.1. The molecule has 1 atom stereocenters. The van der Waals surface area contributed by atoms with Gasteiger partial charge in [-0.25, -0.2) is 4.99 Å². The van der Waals surface area contributed by atoms with Crippen LogP contribution in [0.5, 0.6) is 23.0 Å². The number of guanidine groups is 1. The van der Waals surface area contributed by atoms with E-state index in [9.17, 15) is 5.11 Å². The summed E-state index contributed by atoms with van der Waals surface area (Å²) in [6.45, 7) is 5.27. The van der Waals surface area contributed by atoms with Gasteiger partial charge in [0.1, 0.15) is 11.5 Å². The Labute approximate surface area is 177 Å². The lowest BCUT2D eigenvalue weighted by Crippen LogP contribution is -2.31. The Hall–Kier alpha value is -3.13. The average molecular weight is 418 g/mol. The fraction of sp³-hybridized carbons (Fsp3) is 0.409. The molecule has 2 aromatic carbocycles. The van der Waals surface area contributed by atoms with Crippen molar-refractivity contribution in [3.63, 3.8) is 0 Å². The van der Waals surface area contributed by atoms with E-state index in [1.165, 1.54) is 0 Å². The quantitative estimate of drug-likeness (QED) is 0.404. The van der Waals surface area contributed by atoms with Crippen LogP contribution >= 0.6 is 0 Å². The minimum absolute atomic E-state index is 0.153. The van der Waals surface area contributed by atoms with E-state index in [4.69, 9.17) is 18.9 Å². The second kappa shape index (κ2) is 11.8. The Morgan fingerprint density at radius 3 is 2.23 bits per heavy atom. The monoisotopic (exact) mass is 417 g/mol. The molecule has 0 aromatic heterocycles. The van der Waals surface area contributed by atoms with Crippen LogP contribution in [0.3, 0.4) is 0 Å². The van der Waals surface area contributed by atoms with Gasteiger partial charge in [-0.05, 0) is 43.7 Å². The van der Waals surface area contributed by atoms with Crippen molar-refractivity contribution < 1.29 is 24.1 Å². The van der Waals surface area contributed by atoms with E-state index < -0.39 is 6.10 Å². The lowest BCUT2D eigenvalue weighted by Gasteiger charge is -2.16. The summed E-state index contributed by atoms with van der Waals surface area (Å²) in [7, 11) is 4.74. The van der Waals surface area contributed by atoms with Gasteiger partial charge in [0.15, 0.2) is 17.5 Å². The molecule has 0 aliphatic rings. The van der Waals surface area contributed by atoms with Crippen molar-refractivity contribution in [3.8, 4) is 23.0 Å². The largest absolute Gasteiger partial charge is 0.497 e. The number of aliphatic hydroxyl groups is 1. The molecule has 0 spiro atoms. The average Bonchev–Trinajstić information content (AvgIpc) is 2.77. The molecular formula is C22H31N3O5. The molecule has 1 unspecified atom stereocenters. The molecule has 8 nitrogen and oxygen atoms in total. The van der Waals surface area contributed by atoms with Gasteiger partial charge in [0.2, 0.25) is 0 Å². The zero-order valence-electron chi connectivity index (χ0n) is 18.2. The fourth-order valence-electron chi connectivity index (χ4n) is 2.77. The molecule has 0 aliphatic heterocycles. The number of benzene rings is 2. The number of methoxy groups -OCH3 is 3. The highest BCUT2D eigenvalue weighted by Crippen LogP contribution is 2.30. The molecule has 164 valence electrons. The van der Waals surface area contributed by atoms with Gasteiger partial charge in [0, 0.05) is 24.4 Å². The molecule has 2 rings (SSSR count). The van der Waals surface area contributed by atoms with E-state index in [0.29, 0.717) is 47.7 Å². The number of rotatable bonds is 10. The number of aliphatic hydroxyl groups excluding tert-OH is 1. The first-order valence-electron chi connectivity index (χ1n) is 9.81. The Morgan fingerprint density at radius 2 is 1.67 bits per heavy atom. The molecule has 0 aliphatic carbocycles. The van der Waals surface area contributed by atoms with Gasteiger partial charge in [0.05, 0.1) is 40.6 Å². The van der Waals surface area contributed by atoms with Crippen molar-refractivity contribution in [2.24, 2.45) is 4.99 Å². The zero-order valence-corrected chi connectivity index (χ0v) is 18.2. The molecule has 2 aromatic rings. The topological polar surface area (TPSA) is 93.6 Å². The number of aliphatic imine (C=N–C) groups is 1. The van der Waals surface area contributed by atoms with Crippen LogP contribution in [0.2, 0.25) is 0 Å². The summed E-state index contributed by atoms with van der Waals surface area (Å²) in [5.74, 6) is 3.06. The molecule has 0 fully saturated rings. The lowest BCUT2D eigenvalue weighted by molar-refractivity contribution is 0.186. The standard InChI is InChI=1S/C22H31N3O5/c1-6-23-22(25-16-8-9-20(30-7-2)21(12-16)29-5)24-14-19(26)15-10-17(27-3)13-18(11-15)28-4/h8-13,19,26H,6-7,14H2,1-5H3,(H2,23,24,25). The molecule has 0 heterocycles. The third kappa shape index (κ3) is 6.45. The Morgan fingerprint density at radius 1 is 0.967 bits per heavy atom. The number of nitrogens with zero attached hydrogens (tertiary/aromatic N) is 1. The van der Waals surface area contributed by atoms with Gasteiger partial charge in [-0.2, -0.15) is 0 Å². The van der Waals surface area contributed by atoms with Crippen molar-refractivity contribution in [1.29, 1.82) is 0 Å². The highest BCUT2D eigenvalue weighted by molar-refractivity contribution is 5.93. The molecule has 8 heteroatoms. The van der Waals surface area contributed by atoms with Crippen molar-refractivity contribution in [3.05, 3.63) is 42.0 Å². The molecule has 0 saturated carbocycles. The summed E-state index contributed by atoms with van der Waals surface area (Å²) in [4.78, 5) is 4.50. The minimum atomic E-state index is -0.820. The van der Waals surface area contributed by atoms with Crippen molar-refractivity contribution in [2.45, 2.75) is 20.0 Å². The van der Waals surface area contributed by atoms with Crippen LogP contribution in [0.15, 0.2) is 41.4 Å². The number of hydrogen-bond acceptors (Lipinski definition) is 6.